The van der Waals surface area contributed by atoms with Gasteiger partial charge in [-0.05, 0) is 91.9 Å². The van der Waals surface area contributed by atoms with Gasteiger partial charge in [0.2, 0.25) is 5.91 Å². The average molecular weight is 530 g/mol. The van der Waals surface area contributed by atoms with Gasteiger partial charge in [0.15, 0.2) is 5.11 Å². The number of hydrogen-bond acceptors (Lipinski definition) is 4. The van der Waals surface area contributed by atoms with Crippen LogP contribution in [0.1, 0.15) is 35.6 Å². The summed E-state index contributed by atoms with van der Waals surface area (Å²) in [5, 5.41) is 6.83. The number of carbonyl (C=O) groups is 1. The number of benzene rings is 2. The number of halogens is 1. The molecule has 0 saturated carbocycles. The smallest absolute Gasteiger partial charge is 0.226 e. The van der Waals surface area contributed by atoms with E-state index >= 15 is 0 Å². The molecule has 2 aromatic carbocycles. The number of rotatable bonds is 8. The third-order valence-electron chi connectivity index (χ3n) is 6.65. The molecule has 5 rings (SSSR count). The fourth-order valence-corrected chi connectivity index (χ4v) is 5.15. The van der Waals surface area contributed by atoms with Crippen molar-refractivity contribution in [2.45, 2.75) is 25.4 Å². The second-order valence-corrected chi connectivity index (χ2v) is 9.44. The number of anilines is 1. The van der Waals surface area contributed by atoms with Crippen LogP contribution in [0.5, 0.6) is 5.75 Å². The Hall–Kier alpha value is -4.24. The number of nitrogens with one attached hydrogen (secondary N) is 2. The molecule has 3 heterocycles. The lowest BCUT2D eigenvalue weighted by Crippen LogP contribution is -2.33. The van der Waals surface area contributed by atoms with Crippen molar-refractivity contribution in [1.29, 1.82) is 0 Å². The Kier molecular flexibility index (Phi) is 7.37. The molecule has 1 aliphatic rings. The lowest BCUT2D eigenvalue weighted by Gasteiger charge is -2.29. The highest BCUT2D eigenvalue weighted by molar-refractivity contribution is 7.80. The number of methoxy groups -OCH3 is 1. The standard InChI is InChI=1S/C29H28FN5O2S/c1-19-6-15-25(35(19)22-11-13-23(37-2)14-12-22)28-27(24-5-3-4-17-31-24)33-29(38)34(28)18-16-26(36)32-21-9-7-20(30)8-10-21/h3-15,17,27-28H,16,18H2,1-2H3,(H,32,36)(H,33,38)/t27-,28+/m1/s1. The second-order valence-electron chi connectivity index (χ2n) is 9.06. The van der Waals surface area contributed by atoms with Gasteiger partial charge in [-0.2, -0.15) is 0 Å². The molecule has 0 unspecified atom stereocenters. The Morgan fingerprint density at radius 2 is 1.84 bits per heavy atom. The lowest BCUT2D eigenvalue weighted by atomic mass is 10.0. The van der Waals surface area contributed by atoms with Gasteiger partial charge in [0.05, 0.1) is 24.9 Å². The maximum Gasteiger partial charge on any atom is 0.226 e. The number of aromatic nitrogens is 2. The van der Waals surface area contributed by atoms with Crippen LogP contribution >= 0.6 is 12.2 Å². The number of hydrogen-bond donors (Lipinski definition) is 2. The summed E-state index contributed by atoms with van der Waals surface area (Å²) in [6.45, 7) is 2.45. The van der Waals surface area contributed by atoms with Crippen molar-refractivity contribution in [2.24, 2.45) is 0 Å². The molecule has 0 spiro atoms. The van der Waals surface area contributed by atoms with Gasteiger partial charge in [-0.1, -0.05) is 6.07 Å². The average Bonchev–Trinajstić information content (AvgIpc) is 3.48. The summed E-state index contributed by atoms with van der Waals surface area (Å²) < 4.78 is 20.8. The van der Waals surface area contributed by atoms with Gasteiger partial charge in [-0.15, -0.1) is 0 Å². The van der Waals surface area contributed by atoms with E-state index in [0.29, 0.717) is 17.3 Å². The minimum Gasteiger partial charge on any atom is -0.497 e. The predicted molar refractivity (Wildman–Crippen MR) is 149 cm³/mol. The van der Waals surface area contributed by atoms with Gasteiger partial charge in [0, 0.05) is 41.9 Å². The van der Waals surface area contributed by atoms with E-state index in [1.165, 1.54) is 12.1 Å². The molecule has 0 aliphatic carbocycles. The quantitative estimate of drug-likeness (QED) is 0.301. The molecule has 2 atom stereocenters. The molecular formula is C29H28FN5O2S. The van der Waals surface area contributed by atoms with Crippen LogP contribution in [0.4, 0.5) is 10.1 Å². The third-order valence-corrected chi connectivity index (χ3v) is 7.00. The van der Waals surface area contributed by atoms with Crippen LogP contribution in [0.15, 0.2) is 85.1 Å². The van der Waals surface area contributed by atoms with Crippen molar-refractivity contribution in [3.8, 4) is 11.4 Å². The first kappa shape index (κ1) is 25.4. The van der Waals surface area contributed by atoms with E-state index in [9.17, 15) is 9.18 Å². The molecule has 1 fully saturated rings. The van der Waals surface area contributed by atoms with Crippen molar-refractivity contribution in [1.82, 2.24) is 19.8 Å². The molecule has 0 bridgehead atoms. The summed E-state index contributed by atoms with van der Waals surface area (Å²) in [6, 6.07) is 23.2. The van der Waals surface area contributed by atoms with Crippen molar-refractivity contribution in [3.05, 3.63) is 108 Å². The number of ether oxygens (including phenoxy) is 1. The van der Waals surface area contributed by atoms with Gasteiger partial charge in [0.1, 0.15) is 11.6 Å². The molecule has 1 amide bonds. The van der Waals surface area contributed by atoms with Crippen LogP contribution in [0, 0.1) is 12.7 Å². The van der Waals surface area contributed by atoms with E-state index in [0.717, 1.165) is 28.5 Å². The summed E-state index contributed by atoms with van der Waals surface area (Å²) in [4.78, 5) is 19.4. The minimum atomic E-state index is -0.352. The lowest BCUT2D eigenvalue weighted by molar-refractivity contribution is -0.116. The largest absolute Gasteiger partial charge is 0.497 e. The Labute approximate surface area is 226 Å². The summed E-state index contributed by atoms with van der Waals surface area (Å²) in [7, 11) is 1.65. The van der Waals surface area contributed by atoms with Gasteiger partial charge < -0.3 is 24.8 Å². The maximum atomic E-state index is 13.2. The highest BCUT2D eigenvalue weighted by Gasteiger charge is 2.41. The van der Waals surface area contributed by atoms with Crippen LogP contribution in [-0.2, 0) is 4.79 Å². The fraction of sp³-hybridized carbons (Fsp3) is 0.207. The molecule has 9 heteroatoms. The SMILES string of the molecule is COc1ccc(-n2c(C)ccc2[C@H]2[C@@H](c3ccccn3)NC(=S)N2CCC(=O)Nc2ccc(F)cc2)cc1. The predicted octanol–water partition coefficient (Wildman–Crippen LogP) is 5.33. The first-order valence-corrected chi connectivity index (χ1v) is 12.7. The number of nitrogens with zero attached hydrogens (tertiary/aromatic N) is 3. The normalized spacial score (nSPS) is 16.8. The van der Waals surface area contributed by atoms with Crippen LogP contribution in [0.3, 0.4) is 0 Å². The highest BCUT2D eigenvalue weighted by atomic mass is 32.1. The molecule has 4 aromatic rings. The first-order valence-electron chi connectivity index (χ1n) is 12.3. The zero-order valence-corrected chi connectivity index (χ0v) is 21.9. The Morgan fingerprint density at radius 3 is 2.53 bits per heavy atom. The number of thiocarbonyl (C=S) groups is 1. The van der Waals surface area contributed by atoms with Gasteiger partial charge in [0.25, 0.3) is 0 Å². The van der Waals surface area contributed by atoms with E-state index in [4.69, 9.17) is 17.0 Å². The summed E-state index contributed by atoms with van der Waals surface area (Å²) in [5.41, 5.74) is 4.49. The summed E-state index contributed by atoms with van der Waals surface area (Å²) in [5.74, 6) is 0.250. The fourth-order valence-electron chi connectivity index (χ4n) is 4.82. The number of amides is 1. The van der Waals surface area contributed by atoms with Crippen LogP contribution in [0.2, 0.25) is 0 Å². The topological polar surface area (TPSA) is 71.4 Å². The summed E-state index contributed by atoms with van der Waals surface area (Å²) in [6.07, 6.45) is 1.97. The molecule has 7 nitrogen and oxygen atoms in total. The van der Waals surface area contributed by atoms with E-state index in [1.807, 2.05) is 47.4 Å². The number of pyridine rings is 1. The molecule has 2 aromatic heterocycles. The monoisotopic (exact) mass is 529 g/mol. The number of carbonyl (C=O) groups excluding carboxylic acids is 1. The van der Waals surface area contributed by atoms with E-state index in [2.05, 4.69) is 39.2 Å². The van der Waals surface area contributed by atoms with Crippen LogP contribution < -0.4 is 15.4 Å². The first-order chi connectivity index (χ1) is 18.4. The highest BCUT2D eigenvalue weighted by Crippen LogP contribution is 2.40. The van der Waals surface area contributed by atoms with Crippen molar-refractivity contribution in [3.63, 3.8) is 0 Å². The van der Waals surface area contributed by atoms with E-state index < -0.39 is 0 Å². The minimum absolute atomic E-state index is 0.179. The summed E-state index contributed by atoms with van der Waals surface area (Å²) >= 11 is 5.78. The molecule has 1 aliphatic heterocycles. The van der Waals surface area contributed by atoms with Gasteiger partial charge in [-0.25, -0.2) is 4.39 Å². The zero-order chi connectivity index (χ0) is 26.6. The zero-order valence-electron chi connectivity index (χ0n) is 21.1. The maximum absolute atomic E-state index is 13.2. The van der Waals surface area contributed by atoms with E-state index in [1.54, 1.807) is 25.4 Å². The Morgan fingerprint density at radius 1 is 1.08 bits per heavy atom. The van der Waals surface area contributed by atoms with Gasteiger partial charge >= 0.3 is 0 Å². The number of aryl methyl sites for hydroxylation is 1. The molecule has 38 heavy (non-hydrogen) atoms. The molecule has 1 saturated heterocycles. The van der Waals surface area contributed by atoms with Gasteiger partial charge in [-0.3, -0.25) is 9.78 Å². The molecule has 2 N–H and O–H groups in total. The molecular weight excluding hydrogens is 501 g/mol. The van der Waals surface area contributed by atoms with Crippen molar-refractivity contribution in [2.75, 3.05) is 19.0 Å². The Bertz CT molecular complexity index is 1420. The van der Waals surface area contributed by atoms with Crippen molar-refractivity contribution >= 4 is 28.9 Å². The van der Waals surface area contributed by atoms with Crippen LogP contribution in [-0.4, -0.2) is 39.1 Å². The molecule has 0 radical (unpaired) electrons. The Balaban J connectivity index is 1.46. The van der Waals surface area contributed by atoms with Crippen LogP contribution in [0.25, 0.3) is 5.69 Å². The van der Waals surface area contributed by atoms with Crippen molar-refractivity contribution < 1.29 is 13.9 Å². The third kappa shape index (κ3) is 5.24. The molecule has 194 valence electrons. The second kappa shape index (κ2) is 11.0. The van der Waals surface area contributed by atoms with E-state index in [-0.39, 0.29) is 30.2 Å².